The SMILES string of the molecule is C[C@H](NC[C@H](Cc1ccccn1)NC(=O)c1cc(C(=O)CCC[C@H](C)c2ccc(Br)cc2)cc(N2CCCNS2(=O)=O)c1)C(=O)CCC[C@H](C)c1ccc([N+](=O)[O-])cc1. The summed E-state index contributed by atoms with van der Waals surface area (Å²) in [6, 6.07) is 23.6. The van der Waals surface area contributed by atoms with E-state index in [0.717, 1.165) is 28.6 Å². The van der Waals surface area contributed by atoms with Gasteiger partial charge in [-0.15, -0.1) is 0 Å². The Hall–Kier alpha value is -4.83. The van der Waals surface area contributed by atoms with E-state index < -0.39 is 33.1 Å². The zero-order valence-electron chi connectivity index (χ0n) is 33.7. The van der Waals surface area contributed by atoms with E-state index in [9.17, 15) is 32.9 Å². The number of anilines is 1. The van der Waals surface area contributed by atoms with Crippen molar-refractivity contribution in [3.8, 4) is 0 Å². The third kappa shape index (κ3) is 13.3. The van der Waals surface area contributed by atoms with E-state index in [1.807, 2.05) is 31.2 Å². The first-order valence-electron chi connectivity index (χ1n) is 20.1. The van der Waals surface area contributed by atoms with Gasteiger partial charge in [0.25, 0.3) is 11.6 Å². The first kappa shape index (κ1) is 45.3. The number of hydrogen-bond donors (Lipinski definition) is 3. The van der Waals surface area contributed by atoms with Crippen LogP contribution in [0.15, 0.2) is 95.6 Å². The maximum Gasteiger partial charge on any atom is 0.301 e. The summed E-state index contributed by atoms with van der Waals surface area (Å²) in [4.78, 5) is 56.0. The molecule has 59 heavy (non-hydrogen) atoms. The van der Waals surface area contributed by atoms with Crippen LogP contribution in [0.2, 0.25) is 0 Å². The highest BCUT2D eigenvalue weighted by Gasteiger charge is 2.28. The van der Waals surface area contributed by atoms with Crippen molar-refractivity contribution in [2.24, 2.45) is 0 Å². The Kier molecular flexibility index (Phi) is 16.4. The highest BCUT2D eigenvalue weighted by Crippen LogP contribution is 2.28. The molecule has 3 N–H and O–H groups in total. The summed E-state index contributed by atoms with van der Waals surface area (Å²) < 4.78 is 30.9. The molecule has 4 atom stereocenters. The molecule has 0 bridgehead atoms. The molecule has 1 aliphatic heterocycles. The number of halogens is 1. The maximum atomic E-state index is 14.1. The van der Waals surface area contributed by atoms with Gasteiger partial charge >= 0.3 is 10.2 Å². The fourth-order valence-corrected chi connectivity index (χ4v) is 8.72. The molecule has 0 spiro atoms. The molecule has 15 heteroatoms. The molecule has 1 aromatic heterocycles. The second kappa shape index (κ2) is 21.4. The van der Waals surface area contributed by atoms with Crippen LogP contribution in [0.1, 0.15) is 115 Å². The van der Waals surface area contributed by atoms with Crippen molar-refractivity contribution in [2.75, 3.05) is 23.9 Å². The first-order valence-corrected chi connectivity index (χ1v) is 22.4. The molecule has 0 aliphatic carbocycles. The van der Waals surface area contributed by atoms with Gasteiger partial charge in [0.05, 0.1) is 16.7 Å². The van der Waals surface area contributed by atoms with Crippen LogP contribution in [-0.2, 0) is 21.4 Å². The zero-order chi connectivity index (χ0) is 42.5. The molecule has 2 heterocycles. The molecule has 0 unspecified atom stereocenters. The Morgan fingerprint density at radius 3 is 2.17 bits per heavy atom. The lowest BCUT2D eigenvalue weighted by Crippen LogP contribution is -2.48. The number of amides is 1. The standard InChI is InChI=1S/C44H53BrN6O7S/c1-30(33-14-18-37(45)19-15-33)10-7-13-43(53)35-25-36(27-41(26-35)50-24-8-23-48-59(50,57)58)44(54)49-39(28-38-11-4-5-22-46-38)29-47-32(3)42(52)12-6-9-31(2)34-16-20-40(21-17-34)51(55)56/h4-5,11,14-22,25-27,30-32,39,47-48H,6-10,12-13,23-24,28-29H2,1-3H3,(H,49,54)/t30-,31-,32-,39-/m0/s1. The Balaban J connectivity index is 1.26. The van der Waals surface area contributed by atoms with E-state index in [-0.39, 0.29) is 65.4 Å². The van der Waals surface area contributed by atoms with Crippen LogP contribution < -0.4 is 19.7 Å². The van der Waals surface area contributed by atoms with Crippen LogP contribution in [-0.4, -0.2) is 67.5 Å². The van der Waals surface area contributed by atoms with Gasteiger partial charge in [0.15, 0.2) is 5.78 Å². The summed E-state index contributed by atoms with van der Waals surface area (Å²) >= 11 is 3.47. The number of nitrogens with one attached hydrogen (secondary N) is 3. The lowest BCUT2D eigenvalue weighted by molar-refractivity contribution is -0.384. The molecular weight excluding hydrogens is 836 g/mol. The lowest BCUT2D eigenvalue weighted by atomic mass is 9.93. The molecule has 0 radical (unpaired) electrons. The molecule has 5 rings (SSSR count). The Morgan fingerprint density at radius 2 is 1.54 bits per heavy atom. The number of Topliss-reactive ketones (excluding diaryl/α,β-unsaturated/α-hetero) is 2. The lowest BCUT2D eigenvalue weighted by Gasteiger charge is -2.29. The Labute approximate surface area is 355 Å². The molecule has 1 fully saturated rings. The molecule has 314 valence electrons. The van der Waals surface area contributed by atoms with Gasteiger partial charge in [0, 0.05) is 84.6 Å². The van der Waals surface area contributed by atoms with Crippen LogP contribution in [0.5, 0.6) is 0 Å². The number of nitrogens with zero attached hydrogens (tertiary/aromatic N) is 3. The summed E-state index contributed by atoms with van der Waals surface area (Å²) in [5.41, 5.74) is 3.55. The van der Waals surface area contributed by atoms with Crippen molar-refractivity contribution in [2.45, 2.75) is 96.1 Å². The fraction of sp³-hybridized carbons (Fsp3) is 0.409. The number of benzene rings is 3. The van der Waals surface area contributed by atoms with Gasteiger partial charge in [-0.05, 0) is 104 Å². The quantitative estimate of drug-likeness (QED) is 0.0427. The van der Waals surface area contributed by atoms with E-state index in [1.165, 1.54) is 34.1 Å². The van der Waals surface area contributed by atoms with E-state index in [2.05, 4.69) is 55.3 Å². The summed E-state index contributed by atoms with van der Waals surface area (Å²) in [5, 5.41) is 17.4. The van der Waals surface area contributed by atoms with Crippen molar-refractivity contribution in [3.63, 3.8) is 0 Å². The molecule has 13 nitrogen and oxygen atoms in total. The van der Waals surface area contributed by atoms with Gasteiger partial charge in [-0.1, -0.05) is 60.1 Å². The number of carbonyl (C=O) groups excluding carboxylic acids is 3. The highest BCUT2D eigenvalue weighted by atomic mass is 79.9. The van der Waals surface area contributed by atoms with Crippen LogP contribution in [0, 0.1) is 10.1 Å². The van der Waals surface area contributed by atoms with Crippen molar-refractivity contribution in [1.29, 1.82) is 0 Å². The third-order valence-electron chi connectivity index (χ3n) is 10.8. The highest BCUT2D eigenvalue weighted by molar-refractivity contribution is 9.10. The molecule has 4 aromatic rings. The molecule has 1 amide bonds. The van der Waals surface area contributed by atoms with Gasteiger partial charge in [-0.2, -0.15) is 13.1 Å². The number of nitro benzene ring substituents is 1. The number of pyridine rings is 1. The van der Waals surface area contributed by atoms with Gasteiger partial charge in [-0.25, -0.2) is 0 Å². The van der Waals surface area contributed by atoms with E-state index >= 15 is 0 Å². The smallest absolute Gasteiger partial charge is 0.301 e. The van der Waals surface area contributed by atoms with Gasteiger partial charge in [0.1, 0.15) is 5.78 Å². The summed E-state index contributed by atoms with van der Waals surface area (Å²) in [5.74, 6) is -0.311. The van der Waals surface area contributed by atoms with Crippen LogP contribution >= 0.6 is 15.9 Å². The largest absolute Gasteiger partial charge is 0.348 e. The third-order valence-corrected chi connectivity index (χ3v) is 12.9. The van der Waals surface area contributed by atoms with Crippen molar-refractivity contribution < 1.29 is 27.7 Å². The predicted molar refractivity (Wildman–Crippen MR) is 233 cm³/mol. The zero-order valence-corrected chi connectivity index (χ0v) is 36.1. The van der Waals surface area contributed by atoms with Gasteiger partial charge in [0.2, 0.25) is 0 Å². The molecule has 1 saturated heterocycles. The first-order chi connectivity index (χ1) is 28.2. The number of carbonyl (C=O) groups is 3. The molecule has 1 aliphatic rings. The predicted octanol–water partition coefficient (Wildman–Crippen LogP) is 7.82. The molecular formula is C44H53BrN6O7S. The number of non-ortho nitro benzene ring substituents is 1. The van der Waals surface area contributed by atoms with Crippen LogP contribution in [0.25, 0.3) is 0 Å². The topological polar surface area (TPSA) is 181 Å². The molecule has 0 saturated carbocycles. The van der Waals surface area contributed by atoms with E-state index in [0.29, 0.717) is 38.6 Å². The Bertz CT molecular complexity index is 2170. The number of aromatic nitrogens is 1. The van der Waals surface area contributed by atoms with Gasteiger partial charge < -0.3 is 10.6 Å². The number of nitro groups is 1. The van der Waals surface area contributed by atoms with Gasteiger partial charge in [-0.3, -0.25) is 33.8 Å². The Morgan fingerprint density at radius 1 is 0.898 bits per heavy atom. The molecule has 3 aromatic carbocycles. The van der Waals surface area contributed by atoms with Crippen molar-refractivity contribution in [1.82, 2.24) is 20.3 Å². The fourth-order valence-electron chi connectivity index (χ4n) is 7.15. The second-order valence-corrected chi connectivity index (χ2v) is 17.9. The van der Waals surface area contributed by atoms with Crippen LogP contribution in [0.3, 0.4) is 0 Å². The summed E-state index contributed by atoms with van der Waals surface area (Å²) in [6.45, 7) is 6.67. The minimum atomic E-state index is -3.88. The normalized spacial score (nSPS) is 15.8. The number of ketones is 2. The van der Waals surface area contributed by atoms with Crippen molar-refractivity contribution in [3.05, 3.63) is 134 Å². The van der Waals surface area contributed by atoms with Crippen molar-refractivity contribution >= 4 is 55.0 Å². The average molecular weight is 890 g/mol. The second-order valence-electron chi connectivity index (χ2n) is 15.3. The monoisotopic (exact) mass is 888 g/mol. The van der Waals surface area contributed by atoms with E-state index in [1.54, 1.807) is 37.4 Å². The number of hydrogen-bond acceptors (Lipinski definition) is 9. The minimum absolute atomic E-state index is 0.0160. The summed E-state index contributed by atoms with van der Waals surface area (Å²) in [7, 11) is -3.88. The average Bonchev–Trinajstić information content (AvgIpc) is 3.22. The maximum absolute atomic E-state index is 14.1. The number of rotatable bonds is 21. The minimum Gasteiger partial charge on any atom is -0.348 e. The van der Waals surface area contributed by atoms with Crippen LogP contribution in [0.4, 0.5) is 11.4 Å². The van der Waals surface area contributed by atoms with E-state index in [4.69, 9.17) is 0 Å². The summed E-state index contributed by atoms with van der Waals surface area (Å²) in [6.07, 6.45) is 5.89.